The topological polar surface area (TPSA) is 46.3 Å². The van der Waals surface area contributed by atoms with Crippen LogP contribution in [0.5, 0.6) is 0 Å². The van der Waals surface area contributed by atoms with Crippen LogP contribution in [0.4, 0.5) is 0 Å². The summed E-state index contributed by atoms with van der Waals surface area (Å²) in [5.74, 6) is 0.677. The van der Waals surface area contributed by atoms with E-state index in [2.05, 4.69) is 4.98 Å². The summed E-state index contributed by atoms with van der Waals surface area (Å²) in [4.78, 5) is 5.09. The Labute approximate surface area is 154 Å². The predicted molar refractivity (Wildman–Crippen MR) is 101 cm³/mol. The third kappa shape index (κ3) is 3.12. The van der Waals surface area contributed by atoms with Crippen molar-refractivity contribution in [2.24, 2.45) is 0 Å². The smallest absolute Gasteiger partial charge is 0.150 e. The van der Waals surface area contributed by atoms with E-state index in [1.54, 1.807) is 30.0 Å². The standard InChI is InChI=1S/C20H14ClNO2S/c21-15-7-5-13(6-8-15)16-12-24-20(17-4-2-10-25-17)18(16)19(23)14-3-1-9-22-11-14/h1-12,19,23H. The molecule has 3 heterocycles. The minimum Gasteiger partial charge on any atom is -0.462 e. The summed E-state index contributed by atoms with van der Waals surface area (Å²) in [7, 11) is 0. The fraction of sp³-hybridized carbons (Fsp3) is 0.0500. The lowest BCUT2D eigenvalue weighted by Gasteiger charge is -2.13. The van der Waals surface area contributed by atoms with E-state index in [4.69, 9.17) is 16.0 Å². The van der Waals surface area contributed by atoms with Crippen LogP contribution < -0.4 is 0 Å². The number of pyridine rings is 1. The second-order valence-corrected chi connectivity index (χ2v) is 6.95. The number of hydrogen-bond acceptors (Lipinski definition) is 4. The Morgan fingerprint density at radius 3 is 2.60 bits per heavy atom. The van der Waals surface area contributed by atoms with Crippen LogP contribution in [0, 0.1) is 0 Å². The molecule has 4 aromatic rings. The molecule has 0 aliphatic carbocycles. The molecule has 4 rings (SSSR count). The molecule has 0 spiro atoms. The van der Waals surface area contributed by atoms with Gasteiger partial charge in [-0.3, -0.25) is 4.98 Å². The molecule has 0 saturated heterocycles. The summed E-state index contributed by atoms with van der Waals surface area (Å²) in [6.07, 6.45) is 4.20. The number of thiophene rings is 1. The number of aliphatic hydroxyl groups is 1. The summed E-state index contributed by atoms with van der Waals surface area (Å²) < 4.78 is 5.86. The molecular weight excluding hydrogens is 354 g/mol. The fourth-order valence-electron chi connectivity index (χ4n) is 2.79. The first-order valence-corrected chi connectivity index (χ1v) is 8.99. The number of benzene rings is 1. The number of halogens is 1. The quantitative estimate of drug-likeness (QED) is 0.495. The van der Waals surface area contributed by atoms with Crippen molar-refractivity contribution >= 4 is 22.9 Å². The molecule has 1 atom stereocenters. The zero-order chi connectivity index (χ0) is 17.2. The van der Waals surface area contributed by atoms with Gasteiger partial charge >= 0.3 is 0 Å². The SMILES string of the molecule is OC(c1cccnc1)c1c(-c2ccc(Cl)cc2)coc1-c1cccs1. The van der Waals surface area contributed by atoms with Crippen molar-refractivity contribution in [3.63, 3.8) is 0 Å². The molecule has 3 nitrogen and oxygen atoms in total. The van der Waals surface area contributed by atoms with Crippen molar-refractivity contribution in [3.8, 4) is 21.8 Å². The molecule has 0 fully saturated rings. The highest BCUT2D eigenvalue weighted by Crippen LogP contribution is 2.42. The normalized spacial score (nSPS) is 12.2. The van der Waals surface area contributed by atoms with Crippen LogP contribution >= 0.6 is 22.9 Å². The third-order valence-corrected chi connectivity index (χ3v) is 5.12. The second-order valence-electron chi connectivity index (χ2n) is 5.57. The van der Waals surface area contributed by atoms with Gasteiger partial charge in [-0.1, -0.05) is 35.9 Å². The van der Waals surface area contributed by atoms with Crippen LogP contribution in [0.15, 0.2) is 77.0 Å². The number of aromatic nitrogens is 1. The first-order valence-electron chi connectivity index (χ1n) is 7.73. The van der Waals surface area contributed by atoms with Gasteiger partial charge in [-0.25, -0.2) is 0 Å². The van der Waals surface area contributed by atoms with E-state index in [1.807, 2.05) is 53.9 Å². The van der Waals surface area contributed by atoms with Gasteiger partial charge in [-0.05, 0) is 35.2 Å². The Morgan fingerprint density at radius 1 is 1.08 bits per heavy atom. The molecule has 124 valence electrons. The first-order chi connectivity index (χ1) is 12.2. The van der Waals surface area contributed by atoms with E-state index < -0.39 is 6.10 Å². The predicted octanol–water partition coefficient (Wildman–Crippen LogP) is 5.81. The number of rotatable bonds is 4. The summed E-state index contributed by atoms with van der Waals surface area (Å²) in [5, 5.41) is 13.7. The second kappa shape index (κ2) is 6.84. The van der Waals surface area contributed by atoms with Crippen molar-refractivity contribution in [2.45, 2.75) is 6.10 Å². The van der Waals surface area contributed by atoms with Gasteiger partial charge in [0.2, 0.25) is 0 Å². The highest BCUT2D eigenvalue weighted by atomic mass is 35.5. The van der Waals surface area contributed by atoms with Crippen molar-refractivity contribution in [1.29, 1.82) is 0 Å². The maximum atomic E-state index is 11.0. The van der Waals surface area contributed by atoms with E-state index in [9.17, 15) is 5.11 Å². The van der Waals surface area contributed by atoms with Crippen LogP contribution in [0.2, 0.25) is 5.02 Å². The molecule has 0 radical (unpaired) electrons. The lowest BCUT2D eigenvalue weighted by Crippen LogP contribution is -2.02. The van der Waals surface area contributed by atoms with Crippen molar-refractivity contribution in [2.75, 3.05) is 0 Å². The Morgan fingerprint density at radius 2 is 1.92 bits per heavy atom. The number of furan rings is 1. The average Bonchev–Trinajstić information content (AvgIpc) is 3.32. The Kier molecular flexibility index (Phi) is 4.40. The van der Waals surface area contributed by atoms with Crippen molar-refractivity contribution in [3.05, 3.63) is 88.7 Å². The minimum absolute atomic E-state index is 0.667. The largest absolute Gasteiger partial charge is 0.462 e. The Bertz CT molecular complexity index is 963. The lowest BCUT2D eigenvalue weighted by molar-refractivity contribution is 0.220. The van der Waals surface area contributed by atoms with E-state index in [-0.39, 0.29) is 0 Å². The minimum atomic E-state index is -0.838. The molecule has 0 saturated carbocycles. The summed E-state index contributed by atoms with van der Waals surface area (Å²) >= 11 is 7.58. The highest BCUT2D eigenvalue weighted by Gasteiger charge is 2.25. The van der Waals surface area contributed by atoms with Gasteiger partial charge in [0.15, 0.2) is 5.76 Å². The van der Waals surface area contributed by atoms with Gasteiger partial charge in [0.05, 0.1) is 11.1 Å². The molecule has 5 heteroatoms. The molecule has 0 bridgehead atoms. The van der Waals surface area contributed by atoms with E-state index in [1.165, 1.54) is 0 Å². The van der Waals surface area contributed by atoms with Gasteiger partial charge in [-0.15, -0.1) is 11.3 Å². The molecule has 0 aliphatic rings. The Balaban J connectivity index is 1.89. The van der Waals surface area contributed by atoms with Gasteiger partial charge in [0, 0.05) is 34.1 Å². The van der Waals surface area contributed by atoms with E-state index in [0.29, 0.717) is 10.8 Å². The number of aliphatic hydroxyl groups excluding tert-OH is 1. The van der Waals surface area contributed by atoms with Gasteiger partial charge in [0.1, 0.15) is 6.10 Å². The van der Waals surface area contributed by atoms with E-state index >= 15 is 0 Å². The zero-order valence-corrected chi connectivity index (χ0v) is 14.7. The van der Waals surface area contributed by atoms with Gasteiger partial charge in [-0.2, -0.15) is 0 Å². The molecule has 3 aromatic heterocycles. The third-order valence-electron chi connectivity index (χ3n) is 4.00. The van der Waals surface area contributed by atoms with E-state index in [0.717, 1.165) is 27.1 Å². The maximum absolute atomic E-state index is 11.0. The van der Waals surface area contributed by atoms with Crippen LogP contribution in [0.1, 0.15) is 17.2 Å². The van der Waals surface area contributed by atoms with Crippen molar-refractivity contribution in [1.82, 2.24) is 4.98 Å². The highest BCUT2D eigenvalue weighted by molar-refractivity contribution is 7.13. The summed E-state index contributed by atoms with van der Waals surface area (Å²) in [6, 6.07) is 15.1. The molecule has 0 amide bonds. The van der Waals surface area contributed by atoms with Gasteiger partial charge < -0.3 is 9.52 Å². The maximum Gasteiger partial charge on any atom is 0.150 e. The molecule has 25 heavy (non-hydrogen) atoms. The summed E-state index contributed by atoms with van der Waals surface area (Å²) in [5.41, 5.74) is 3.24. The molecule has 0 aliphatic heterocycles. The number of hydrogen-bond donors (Lipinski definition) is 1. The number of nitrogens with zero attached hydrogens (tertiary/aromatic N) is 1. The zero-order valence-electron chi connectivity index (χ0n) is 13.1. The van der Waals surface area contributed by atoms with Crippen molar-refractivity contribution < 1.29 is 9.52 Å². The Hall–Kier alpha value is -2.40. The van der Waals surface area contributed by atoms with Crippen LogP contribution in [-0.2, 0) is 0 Å². The van der Waals surface area contributed by atoms with Gasteiger partial charge in [0.25, 0.3) is 0 Å². The lowest BCUT2D eigenvalue weighted by atomic mass is 9.95. The first kappa shape index (κ1) is 16.1. The monoisotopic (exact) mass is 367 g/mol. The summed E-state index contributed by atoms with van der Waals surface area (Å²) in [6.45, 7) is 0. The molecule has 1 unspecified atom stereocenters. The van der Waals surface area contributed by atoms with Crippen LogP contribution in [-0.4, -0.2) is 10.1 Å². The average molecular weight is 368 g/mol. The van der Waals surface area contributed by atoms with Crippen LogP contribution in [0.25, 0.3) is 21.8 Å². The molecular formula is C20H14ClNO2S. The van der Waals surface area contributed by atoms with Crippen LogP contribution in [0.3, 0.4) is 0 Å². The fourth-order valence-corrected chi connectivity index (χ4v) is 3.65. The molecule has 1 N–H and O–H groups in total. The molecule has 1 aromatic carbocycles.